The fourth-order valence-electron chi connectivity index (χ4n) is 3.08. The molecule has 2 N–H and O–H groups in total. The Morgan fingerprint density at radius 3 is 2.25 bits per heavy atom. The molecule has 0 saturated carbocycles. The van der Waals surface area contributed by atoms with E-state index in [1.807, 2.05) is 44.2 Å². The van der Waals surface area contributed by atoms with Gasteiger partial charge in [0, 0.05) is 11.1 Å². The SMILES string of the molecule is Cc1cccc(C)c1NC(=O)CNC(=O)Cn1nc(C)c2ccccc2c1=O. The van der Waals surface area contributed by atoms with Crippen LogP contribution < -0.4 is 16.2 Å². The van der Waals surface area contributed by atoms with Crippen molar-refractivity contribution in [2.24, 2.45) is 0 Å². The number of nitrogens with one attached hydrogen (secondary N) is 2. The number of para-hydroxylation sites is 1. The molecule has 28 heavy (non-hydrogen) atoms. The van der Waals surface area contributed by atoms with Crippen LogP contribution in [0.3, 0.4) is 0 Å². The van der Waals surface area contributed by atoms with Gasteiger partial charge in [0.2, 0.25) is 11.8 Å². The molecule has 0 saturated heterocycles. The first-order valence-corrected chi connectivity index (χ1v) is 8.96. The van der Waals surface area contributed by atoms with E-state index in [4.69, 9.17) is 0 Å². The molecule has 0 aliphatic rings. The highest BCUT2D eigenvalue weighted by molar-refractivity contribution is 5.95. The van der Waals surface area contributed by atoms with Crippen molar-refractivity contribution in [1.82, 2.24) is 15.1 Å². The number of carbonyl (C=O) groups is 2. The first-order valence-electron chi connectivity index (χ1n) is 8.96. The summed E-state index contributed by atoms with van der Waals surface area (Å²) in [4.78, 5) is 36.9. The van der Waals surface area contributed by atoms with E-state index in [1.165, 1.54) is 0 Å². The topological polar surface area (TPSA) is 93.1 Å². The lowest BCUT2D eigenvalue weighted by Crippen LogP contribution is -2.38. The average Bonchev–Trinajstić information content (AvgIpc) is 2.67. The van der Waals surface area contributed by atoms with Crippen LogP contribution in [0.2, 0.25) is 0 Å². The lowest BCUT2D eigenvalue weighted by molar-refractivity contribution is -0.124. The first kappa shape index (κ1) is 19.3. The minimum atomic E-state index is -0.457. The molecule has 2 aromatic carbocycles. The maximum absolute atomic E-state index is 12.5. The molecule has 1 heterocycles. The quantitative estimate of drug-likeness (QED) is 0.711. The van der Waals surface area contributed by atoms with Gasteiger partial charge in [-0.15, -0.1) is 0 Å². The summed E-state index contributed by atoms with van der Waals surface area (Å²) in [5.74, 6) is -0.790. The van der Waals surface area contributed by atoms with Crippen LogP contribution in [0.1, 0.15) is 16.8 Å². The van der Waals surface area contributed by atoms with Crippen molar-refractivity contribution >= 4 is 28.3 Å². The molecule has 0 aliphatic heterocycles. The van der Waals surface area contributed by atoms with Gasteiger partial charge in [-0.1, -0.05) is 36.4 Å². The summed E-state index contributed by atoms with van der Waals surface area (Å²) >= 11 is 0. The van der Waals surface area contributed by atoms with Crippen molar-refractivity contribution in [3.8, 4) is 0 Å². The standard InChI is InChI=1S/C21H22N4O3/c1-13-7-6-8-14(2)20(13)23-18(26)11-22-19(27)12-25-21(28)17-10-5-4-9-16(17)15(3)24-25/h4-10H,11-12H2,1-3H3,(H,22,27)(H,23,26). The summed E-state index contributed by atoms with van der Waals surface area (Å²) in [6.07, 6.45) is 0. The number of hydrogen-bond donors (Lipinski definition) is 2. The summed E-state index contributed by atoms with van der Waals surface area (Å²) in [7, 11) is 0. The van der Waals surface area contributed by atoms with Gasteiger partial charge in [-0.2, -0.15) is 5.10 Å². The summed E-state index contributed by atoms with van der Waals surface area (Å²) in [5.41, 5.74) is 2.96. The number of nitrogens with zero attached hydrogens (tertiary/aromatic N) is 2. The molecular formula is C21H22N4O3. The molecule has 144 valence electrons. The van der Waals surface area contributed by atoms with Crippen LogP contribution in [0, 0.1) is 20.8 Å². The Hall–Kier alpha value is -3.48. The molecule has 3 aromatic rings. The van der Waals surface area contributed by atoms with Crippen LogP contribution in [0.15, 0.2) is 47.3 Å². The van der Waals surface area contributed by atoms with E-state index >= 15 is 0 Å². The van der Waals surface area contributed by atoms with E-state index in [1.54, 1.807) is 19.1 Å². The highest BCUT2D eigenvalue weighted by Gasteiger charge is 2.12. The zero-order valence-corrected chi connectivity index (χ0v) is 16.1. The number of fused-ring (bicyclic) bond motifs is 1. The number of anilines is 1. The lowest BCUT2D eigenvalue weighted by Gasteiger charge is -2.12. The monoisotopic (exact) mass is 378 g/mol. The molecule has 7 nitrogen and oxygen atoms in total. The number of rotatable bonds is 5. The fourth-order valence-corrected chi connectivity index (χ4v) is 3.08. The molecule has 0 unspecified atom stereocenters. The second kappa shape index (κ2) is 8.04. The Morgan fingerprint density at radius 1 is 0.929 bits per heavy atom. The van der Waals surface area contributed by atoms with Crippen LogP contribution in [0.5, 0.6) is 0 Å². The number of aryl methyl sites for hydroxylation is 3. The van der Waals surface area contributed by atoms with Gasteiger partial charge < -0.3 is 10.6 Å². The van der Waals surface area contributed by atoms with Crippen molar-refractivity contribution in [2.45, 2.75) is 27.3 Å². The third kappa shape index (κ3) is 4.09. The molecule has 0 fully saturated rings. The van der Waals surface area contributed by atoms with Gasteiger partial charge in [0.15, 0.2) is 0 Å². The lowest BCUT2D eigenvalue weighted by atomic mass is 10.1. The van der Waals surface area contributed by atoms with E-state index in [0.29, 0.717) is 11.1 Å². The number of carbonyl (C=O) groups excluding carboxylic acids is 2. The van der Waals surface area contributed by atoms with Crippen LogP contribution in [0.4, 0.5) is 5.69 Å². The normalized spacial score (nSPS) is 10.7. The molecule has 1 aromatic heterocycles. The predicted octanol–water partition coefficient (Wildman–Crippen LogP) is 2.08. The Balaban J connectivity index is 1.65. The van der Waals surface area contributed by atoms with Gasteiger partial charge in [-0.3, -0.25) is 14.4 Å². The zero-order valence-electron chi connectivity index (χ0n) is 16.1. The summed E-state index contributed by atoms with van der Waals surface area (Å²) in [5, 5.41) is 10.8. The van der Waals surface area contributed by atoms with Crippen LogP contribution in [-0.2, 0) is 16.1 Å². The van der Waals surface area contributed by atoms with Gasteiger partial charge in [0.05, 0.1) is 17.6 Å². The first-order chi connectivity index (χ1) is 13.4. The highest BCUT2D eigenvalue weighted by Crippen LogP contribution is 2.19. The van der Waals surface area contributed by atoms with Crippen molar-refractivity contribution in [3.63, 3.8) is 0 Å². The molecule has 0 spiro atoms. The van der Waals surface area contributed by atoms with E-state index in [0.717, 1.165) is 26.9 Å². The number of benzene rings is 2. The minimum absolute atomic E-state index is 0.187. The molecule has 0 radical (unpaired) electrons. The number of hydrogen-bond acceptors (Lipinski definition) is 4. The maximum Gasteiger partial charge on any atom is 0.275 e. The molecular weight excluding hydrogens is 356 g/mol. The molecule has 0 bridgehead atoms. The van der Waals surface area contributed by atoms with Gasteiger partial charge in [0.1, 0.15) is 6.54 Å². The third-order valence-corrected chi connectivity index (χ3v) is 4.54. The van der Waals surface area contributed by atoms with Crippen molar-refractivity contribution in [3.05, 3.63) is 69.6 Å². The van der Waals surface area contributed by atoms with Gasteiger partial charge in [-0.25, -0.2) is 4.68 Å². The minimum Gasteiger partial charge on any atom is -0.345 e. The molecule has 0 atom stereocenters. The molecule has 0 aliphatic carbocycles. The van der Waals surface area contributed by atoms with Gasteiger partial charge >= 0.3 is 0 Å². The Kier molecular flexibility index (Phi) is 5.54. The smallest absolute Gasteiger partial charge is 0.275 e. The van der Waals surface area contributed by atoms with E-state index in [2.05, 4.69) is 15.7 Å². The average molecular weight is 378 g/mol. The summed E-state index contributed by atoms with van der Waals surface area (Å²) in [6, 6.07) is 12.9. The predicted molar refractivity (Wildman–Crippen MR) is 108 cm³/mol. The van der Waals surface area contributed by atoms with E-state index in [9.17, 15) is 14.4 Å². The van der Waals surface area contributed by atoms with Crippen LogP contribution in [-0.4, -0.2) is 28.1 Å². The van der Waals surface area contributed by atoms with E-state index in [-0.39, 0.29) is 24.6 Å². The summed E-state index contributed by atoms with van der Waals surface area (Å²) in [6.45, 7) is 5.16. The van der Waals surface area contributed by atoms with Gasteiger partial charge in [0.25, 0.3) is 5.56 Å². The van der Waals surface area contributed by atoms with Gasteiger partial charge in [-0.05, 0) is 38.0 Å². The highest BCUT2D eigenvalue weighted by atomic mass is 16.2. The van der Waals surface area contributed by atoms with Crippen molar-refractivity contribution < 1.29 is 9.59 Å². The zero-order chi connectivity index (χ0) is 20.3. The second-order valence-electron chi connectivity index (χ2n) is 6.69. The summed E-state index contributed by atoms with van der Waals surface area (Å²) < 4.78 is 1.12. The fraction of sp³-hybridized carbons (Fsp3) is 0.238. The van der Waals surface area contributed by atoms with Crippen molar-refractivity contribution in [2.75, 3.05) is 11.9 Å². The number of aromatic nitrogens is 2. The number of amides is 2. The largest absolute Gasteiger partial charge is 0.345 e. The van der Waals surface area contributed by atoms with E-state index < -0.39 is 5.91 Å². The van der Waals surface area contributed by atoms with Crippen LogP contribution in [0.25, 0.3) is 10.8 Å². The van der Waals surface area contributed by atoms with Crippen LogP contribution >= 0.6 is 0 Å². The Morgan fingerprint density at radius 2 is 1.57 bits per heavy atom. The molecule has 2 amide bonds. The second-order valence-corrected chi connectivity index (χ2v) is 6.69. The molecule has 7 heteroatoms. The Bertz CT molecular complexity index is 1100. The third-order valence-electron chi connectivity index (χ3n) is 4.54. The maximum atomic E-state index is 12.5. The molecule has 3 rings (SSSR count). The Labute approximate surface area is 162 Å². The van der Waals surface area contributed by atoms with Crippen molar-refractivity contribution in [1.29, 1.82) is 0 Å².